The van der Waals surface area contributed by atoms with Gasteiger partial charge in [0.15, 0.2) is 0 Å². The minimum Gasteiger partial charge on any atom is -0.376 e. The van der Waals surface area contributed by atoms with Gasteiger partial charge in [-0.15, -0.1) is 0 Å². The Kier molecular flexibility index (Phi) is 7.53. The number of amides is 1. The molecule has 3 saturated heterocycles. The van der Waals surface area contributed by atoms with Gasteiger partial charge in [0, 0.05) is 45.5 Å². The molecule has 5 heterocycles. The molecule has 3 aliphatic heterocycles. The third kappa shape index (κ3) is 5.51. The van der Waals surface area contributed by atoms with Crippen LogP contribution in [0.3, 0.4) is 0 Å². The third-order valence-corrected chi connectivity index (χ3v) is 8.84. The Hall–Kier alpha value is -3.05. The van der Waals surface area contributed by atoms with Crippen LogP contribution >= 0.6 is 24.0 Å². The van der Waals surface area contributed by atoms with Crippen LogP contribution in [0.4, 0.5) is 5.82 Å². The zero-order valence-electron chi connectivity index (χ0n) is 21.9. The smallest absolute Gasteiger partial charge is 0.267 e. The van der Waals surface area contributed by atoms with Crippen molar-refractivity contribution in [2.75, 3.05) is 44.2 Å². The summed E-state index contributed by atoms with van der Waals surface area (Å²) in [5, 5.41) is 0. The molecule has 8 nitrogen and oxygen atoms in total. The minimum absolute atomic E-state index is 0.00512. The molecule has 6 rings (SSSR count). The number of pyridine rings is 1. The first-order valence-corrected chi connectivity index (χ1v) is 14.6. The Labute approximate surface area is 237 Å². The summed E-state index contributed by atoms with van der Waals surface area (Å²) in [5.41, 5.74) is 3.08. The second kappa shape index (κ2) is 11.2. The minimum atomic E-state index is -0.185. The number of anilines is 1. The number of rotatable bonds is 6. The molecule has 0 saturated carbocycles. The highest BCUT2D eigenvalue weighted by atomic mass is 32.2. The maximum absolute atomic E-state index is 13.8. The lowest BCUT2D eigenvalue weighted by Crippen LogP contribution is -2.47. The van der Waals surface area contributed by atoms with E-state index in [2.05, 4.69) is 34.1 Å². The second-order valence-corrected chi connectivity index (χ2v) is 11.9. The highest BCUT2D eigenvalue weighted by Crippen LogP contribution is 2.34. The fourth-order valence-corrected chi connectivity index (χ4v) is 6.61. The predicted octanol–water partition coefficient (Wildman–Crippen LogP) is 3.71. The average Bonchev–Trinajstić information content (AvgIpc) is 3.55. The van der Waals surface area contributed by atoms with Gasteiger partial charge in [-0.2, -0.15) is 0 Å². The number of aromatic nitrogens is 2. The van der Waals surface area contributed by atoms with Crippen LogP contribution in [0.2, 0.25) is 0 Å². The highest BCUT2D eigenvalue weighted by Gasteiger charge is 2.35. The van der Waals surface area contributed by atoms with E-state index in [1.165, 1.54) is 17.3 Å². The van der Waals surface area contributed by atoms with Gasteiger partial charge >= 0.3 is 0 Å². The van der Waals surface area contributed by atoms with Gasteiger partial charge in [0.05, 0.1) is 23.1 Å². The number of ether oxygens (including phenoxy) is 1. The van der Waals surface area contributed by atoms with Gasteiger partial charge in [0.1, 0.15) is 15.8 Å². The molecule has 1 unspecified atom stereocenters. The van der Waals surface area contributed by atoms with Crippen molar-refractivity contribution in [3.63, 3.8) is 0 Å². The van der Waals surface area contributed by atoms with E-state index in [4.69, 9.17) is 21.9 Å². The number of benzene rings is 1. The lowest BCUT2D eigenvalue weighted by atomic mass is 10.1. The summed E-state index contributed by atoms with van der Waals surface area (Å²) in [6, 6.07) is 14.3. The van der Waals surface area contributed by atoms with Crippen LogP contribution < -0.4 is 10.5 Å². The van der Waals surface area contributed by atoms with Crippen LogP contribution in [-0.4, -0.2) is 74.8 Å². The number of carbonyl (C=O) groups excluding carboxylic acids is 1. The molecule has 0 aliphatic carbocycles. The third-order valence-electron chi connectivity index (χ3n) is 7.47. The molecule has 39 heavy (non-hydrogen) atoms. The van der Waals surface area contributed by atoms with Crippen LogP contribution in [0, 0.1) is 6.92 Å². The Morgan fingerprint density at radius 2 is 1.90 bits per heavy atom. The van der Waals surface area contributed by atoms with E-state index in [1.54, 1.807) is 21.6 Å². The summed E-state index contributed by atoms with van der Waals surface area (Å²) in [5.74, 6) is 0.445. The molecular weight excluding hydrogens is 530 g/mol. The number of nitrogens with zero attached hydrogens (tertiary/aromatic N) is 5. The van der Waals surface area contributed by atoms with E-state index in [0.717, 1.165) is 57.7 Å². The maximum atomic E-state index is 13.8. The Morgan fingerprint density at radius 3 is 2.64 bits per heavy atom. The number of aryl methyl sites for hydroxylation is 1. The Balaban J connectivity index is 1.31. The van der Waals surface area contributed by atoms with Gasteiger partial charge < -0.3 is 9.64 Å². The summed E-state index contributed by atoms with van der Waals surface area (Å²) in [6.45, 7) is 7.19. The number of thiocarbonyl (C=S) groups is 1. The Bertz CT molecular complexity index is 1490. The van der Waals surface area contributed by atoms with Crippen molar-refractivity contribution >= 4 is 51.7 Å². The molecule has 3 aliphatic rings. The summed E-state index contributed by atoms with van der Waals surface area (Å²) in [6.07, 6.45) is 5.42. The van der Waals surface area contributed by atoms with Crippen molar-refractivity contribution < 1.29 is 9.53 Å². The summed E-state index contributed by atoms with van der Waals surface area (Å²) in [7, 11) is 0. The molecule has 1 amide bonds. The van der Waals surface area contributed by atoms with Gasteiger partial charge in [-0.1, -0.05) is 60.4 Å². The predicted molar refractivity (Wildman–Crippen MR) is 159 cm³/mol. The van der Waals surface area contributed by atoms with Crippen molar-refractivity contribution in [2.45, 2.75) is 32.4 Å². The van der Waals surface area contributed by atoms with Crippen molar-refractivity contribution in [2.24, 2.45) is 0 Å². The van der Waals surface area contributed by atoms with E-state index in [9.17, 15) is 9.59 Å². The molecule has 10 heteroatoms. The largest absolute Gasteiger partial charge is 0.376 e. The van der Waals surface area contributed by atoms with Crippen LogP contribution in [-0.2, 0) is 16.1 Å². The van der Waals surface area contributed by atoms with E-state index < -0.39 is 0 Å². The van der Waals surface area contributed by atoms with Crippen molar-refractivity contribution in [3.8, 4) is 0 Å². The molecule has 0 bridgehead atoms. The fraction of sp³-hybridized carbons (Fsp3) is 0.379. The summed E-state index contributed by atoms with van der Waals surface area (Å²) >= 11 is 6.80. The van der Waals surface area contributed by atoms with E-state index in [0.29, 0.717) is 32.8 Å². The molecule has 3 fully saturated rings. The van der Waals surface area contributed by atoms with Crippen LogP contribution in [0.15, 0.2) is 58.4 Å². The first kappa shape index (κ1) is 26.2. The highest BCUT2D eigenvalue weighted by molar-refractivity contribution is 8.26. The number of fused-ring (bicyclic) bond motifs is 1. The molecular formula is C29H31N5O3S2. The molecule has 2 aromatic heterocycles. The van der Waals surface area contributed by atoms with Gasteiger partial charge in [0.2, 0.25) is 0 Å². The van der Waals surface area contributed by atoms with Gasteiger partial charge in [-0.3, -0.25) is 23.8 Å². The monoisotopic (exact) mass is 561 g/mol. The molecule has 0 N–H and O–H groups in total. The van der Waals surface area contributed by atoms with Crippen LogP contribution in [0.1, 0.15) is 29.5 Å². The quantitative estimate of drug-likeness (QED) is 0.333. The first-order valence-electron chi connectivity index (χ1n) is 13.4. The van der Waals surface area contributed by atoms with E-state index >= 15 is 0 Å². The van der Waals surface area contributed by atoms with Crippen LogP contribution in [0.25, 0.3) is 11.7 Å². The Morgan fingerprint density at radius 1 is 1.10 bits per heavy atom. The van der Waals surface area contributed by atoms with Crippen molar-refractivity contribution in [1.29, 1.82) is 0 Å². The fourth-order valence-electron chi connectivity index (χ4n) is 5.35. The second-order valence-electron chi connectivity index (χ2n) is 10.3. The zero-order valence-corrected chi connectivity index (χ0v) is 23.5. The average molecular weight is 562 g/mol. The number of hydrogen-bond donors (Lipinski definition) is 0. The molecule has 1 atom stereocenters. The molecule has 202 valence electrons. The molecule has 0 radical (unpaired) electrons. The number of thioether (sulfide) groups is 1. The van der Waals surface area contributed by atoms with E-state index in [-0.39, 0.29) is 17.6 Å². The normalized spacial score (nSPS) is 21.6. The van der Waals surface area contributed by atoms with Gasteiger partial charge in [-0.25, -0.2) is 4.98 Å². The maximum Gasteiger partial charge on any atom is 0.267 e. The van der Waals surface area contributed by atoms with Crippen molar-refractivity contribution in [1.82, 2.24) is 19.2 Å². The summed E-state index contributed by atoms with van der Waals surface area (Å²) in [4.78, 5) is 38.8. The molecule has 1 aromatic carbocycles. The summed E-state index contributed by atoms with van der Waals surface area (Å²) < 4.78 is 7.81. The lowest BCUT2D eigenvalue weighted by molar-refractivity contribution is -0.123. The zero-order chi connectivity index (χ0) is 26.9. The number of carbonyl (C=O) groups is 1. The van der Waals surface area contributed by atoms with Gasteiger partial charge in [-0.05, 0) is 43.0 Å². The number of hydrogen-bond acceptors (Lipinski definition) is 8. The topological polar surface area (TPSA) is 70.4 Å². The lowest BCUT2D eigenvalue weighted by Gasteiger charge is -2.36. The van der Waals surface area contributed by atoms with E-state index in [1.807, 2.05) is 25.1 Å². The molecule has 3 aromatic rings. The number of piperazine rings is 1. The SMILES string of the molecule is Cc1ccc2nc(N3CCN(Cc4ccccc4)CC3)c(C=C3SC(=S)N(CC4CCCO4)C3=O)c(=O)n2c1. The van der Waals surface area contributed by atoms with Crippen molar-refractivity contribution in [3.05, 3.63) is 80.6 Å². The molecule has 0 spiro atoms. The van der Waals surface area contributed by atoms with Crippen LogP contribution in [0.5, 0.6) is 0 Å². The standard InChI is InChI=1S/C29H31N5O3S2/c1-20-9-10-25-30-26(32-13-11-31(12-14-32)18-21-6-3-2-4-7-21)23(27(35)33(25)17-20)16-24-28(36)34(29(38)39-24)19-22-8-5-15-37-22/h2-4,6-7,9-10,16-17,22H,5,8,11-15,18-19H2,1H3. The van der Waals surface area contributed by atoms with Gasteiger partial charge in [0.25, 0.3) is 11.5 Å². The first-order chi connectivity index (χ1) is 19.0.